The van der Waals surface area contributed by atoms with E-state index in [0.717, 1.165) is 0 Å². The van der Waals surface area contributed by atoms with Crippen molar-refractivity contribution in [3.05, 3.63) is 55.3 Å². The Bertz CT molecular complexity index is 652. The molecule has 0 aliphatic heterocycles. The molecule has 0 saturated carbocycles. The first-order valence-electron chi connectivity index (χ1n) is 4.90. The lowest BCUT2D eigenvalue weighted by atomic mass is 10.3. The van der Waals surface area contributed by atoms with Crippen LogP contribution in [0.3, 0.4) is 0 Å². The van der Waals surface area contributed by atoms with Gasteiger partial charge in [0.05, 0.1) is 4.92 Å². The molecule has 2 rings (SSSR count). The first kappa shape index (κ1) is 13.9. The quantitative estimate of drug-likeness (QED) is 0.572. The molecule has 0 atom stereocenters. The van der Waals surface area contributed by atoms with Crippen molar-refractivity contribution < 1.29 is 14.1 Å². The summed E-state index contributed by atoms with van der Waals surface area (Å²) < 4.78 is 19.7. The van der Waals surface area contributed by atoms with E-state index in [2.05, 4.69) is 36.8 Å². The molecule has 0 amide bonds. The van der Waals surface area contributed by atoms with E-state index in [1.165, 1.54) is 30.5 Å². The normalized spacial score (nSPS) is 10.3. The van der Waals surface area contributed by atoms with Crippen molar-refractivity contribution in [3.8, 4) is 11.6 Å². The minimum atomic E-state index is -0.650. The number of aromatic nitrogens is 1. The van der Waals surface area contributed by atoms with Crippen LogP contribution in [0.1, 0.15) is 0 Å². The monoisotopic (exact) mass is 390 g/mol. The Hall–Kier alpha value is -1.54. The van der Waals surface area contributed by atoms with Crippen molar-refractivity contribution in [1.29, 1.82) is 0 Å². The van der Waals surface area contributed by atoms with Crippen LogP contribution in [0.2, 0.25) is 0 Å². The molecule has 0 unspecified atom stereocenters. The van der Waals surface area contributed by atoms with Crippen LogP contribution in [0.15, 0.2) is 39.4 Å². The SMILES string of the molecule is O=[N+]([O-])c1cc(Br)cnc1Oc1cc(Br)ccc1F. The van der Waals surface area contributed by atoms with Gasteiger partial charge in [-0.2, -0.15) is 0 Å². The van der Waals surface area contributed by atoms with E-state index in [9.17, 15) is 14.5 Å². The highest BCUT2D eigenvalue weighted by Crippen LogP contribution is 2.33. The van der Waals surface area contributed by atoms with Crippen LogP contribution >= 0.6 is 31.9 Å². The van der Waals surface area contributed by atoms with Gasteiger partial charge in [0.1, 0.15) is 0 Å². The maximum absolute atomic E-state index is 13.5. The molecule has 0 fully saturated rings. The summed E-state index contributed by atoms with van der Waals surface area (Å²) >= 11 is 6.23. The fraction of sp³-hybridized carbons (Fsp3) is 0. The minimum absolute atomic E-state index is 0.146. The Morgan fingerprint density at radius 3 is 2.68 bits per heavy atom. The van der Waals surface area contributed by atoms with E-state index in [1.807, 2.05) is 0 Å². The fourth-order valence-corrected chi connectivity index (χ4v) is 1.94. The van der Waals surface area contributed by atoms with E-state index in [-0.39, 0.29) is 17.3 Å². The topological polar surface area (TPSA) is 65.3 Å². The third kappa shape index (κ3) is 3.27. The van der Waals surface area contributed by atoms with Gasteiger partial charge < -0.3 is 4.74 Å². The van der Waals surface area contributed by atoms with E-state index in [0.29, 0.717) is 8.95 Å². The molecular formula is C11H5Br2FN2O3. The smallest absolute Gasteiger partial charge is 0.332 e. The summed E-state index contributed by atoms with van der Waals surface area (Å²) in [6.45, 7) is 0. The highest BCUT2D eigenvalue weighted by molar-refractivity contribution is 9.10. The zero-order chi connectivity index (χ0) is 14.0. The maximum atomic E-state index is 13.5. The molecule has 0 aliphatic carbocycles. The first-order chi connectivity index (χ1) is 8.97. The van der Waals surface area contributed by atoms with Gasteiger partial charge in [0.2, 0.25) is 0 Å². The summed E-state index contributed by atoms with van der Waals surface area (Å²) in [4.78, 5) is 14.0. The Morgan fingerprint density at radius 2 is 2.00 bits per heavy atom. The van der Waals surface area contributed by atoms with Gasteiger partial charge in [-0.05, 0) is 34.1 Å². The van der Waals surface area contributed by atoms with Crippen LogP contribution in [0.4, 0.5) is 10.1 Å². The van der Waals surface area contributed by atoms with Gasteiger partial charge in [-0.3, -0.25) is 10.1 Å². The second-order valence-corrected chi connectivity index (χ2v) is 5.24. The van der Waals surface area contributed by atoms with Gasteiger partial charge in [0, 0.05) is 21.2 Å². The van der Waals surface area contributed by atoms with Gasteiger partial charge in [-0.25, -0.2) is 9.37 Å². The number of rotatable bonds is 3. The summed E-state index contributed by atoms with van der Waals surface area (Å²) in [7, 11) is 0. The van der Waals surface area contributed by atoms with E-state index < -0.39 is 10.7 Å². The van der Waals surface area contributed by atoms with E-state index >= 15 is 0 Å². The lowest BCUT2D eigenvalue weighted by Gasteiger charge is -2.06. The molecule has 1 aromatic heterocycles. The van der Waals surface area contributed by atoms with Crippen molar-refractivity contribution in [2.45, 2.75) is 0 Å². The Balaban J connectivity index is 2.43. The van der Waals surface area contributed by atoms with Gasteiger partial charge >= 0.3 is 5.69 Å². The third-order valence-corrected chi connectivity index (χ3v) is 3.02. The van der Waals surface area contributed by atoms with Crippen molar-refractivity contribution in [2.75, 3.05) is 0 Å². The standard InChI is InChI=1S/C11H5Br2FN2O3/c12-6-1-2-8(14)10(4-6)19-11-9(16(17)18)3-7(13)5-15-11/h1-5H. The summed E-state index contributed by atoms with van der Waals surface area (Å²) in [5.74, 6) is -1.06. The number of benzene rings is 1. The molecule has 0 aliphatic rings. The third-order valence-electron chi connectivity index (χ3n) is 2.10. The number of pyridine rings is 1. The highest BCUT2D eigenvalue weighted by atomic mass is 79.9. The summed E-state index contributed by atoms with van der Waals surface area (Å²) in [5.41, 5.74) is -0.353. The number of ether oxygens (including phenoxy) is 1. The number of halogens is 3. The zero-order valence-electron chi connectivity index (χ0n) is 9.14. The summed E-state index contributed by atoms with van der Waals surface area (Å²) in [5, 5.41) is 10.9. The fourth-order valence-electron chi connectivity index (χ4n) is 1.29. The van der Waals surface area contributed by atoms with Crippen LogP contribution in [0.25, 0.3) is 0 Å². The molecule has 0 radical (unpaired) electrons. The molecule has 2 aromatic rings. The van der Waals surface area contributed by atoms with Gasteiger partial charge in [-0.15, -0.1) is 0 Å². The highest BCUT2D eigenvalue weighted by Gasteiger charge is 2.19. The largest absolute Gasteiger partial charge is 0.430 e. The molecule has 8 heteroatoms. The molecule has 1 heterocycles. The van der Waals surface area contributed by atoms with Crippen LogP contribution in [0, 0.1) is 15.9 Å². The Morgan fingerprint density at radius 1 is 1.26 bits per heavy atom. The van der Waals surface area contributed by atoms with Crippen LogP contribution in [0.5, 0.6) is 11.6 Å². The Kier molecular flexibility index (Phi) is 4.11. The molecular weight excluding hydrogens is 387 g/mol. The zero-order valence-corrected chi connectivity index (χ0v) is 12.3. The predicted molar refractivity (Wildman–Crippen MR) is 72.8 cm³/mol. The lowest BCUT2D eigenvalue weighted by molar-refractivity contribution is -0.386. The summed E-state index contributed by atoms with van der Waals surface area (Å²) in [6.07, 6.45) is 1.33. The van der Waals surface area contributed by atoms with Crippen molar-refractivity contribution in [1.82, 2.24) is 4.98 Å². The maximum Gasteiger partial charge on any atom is 0.332 e. The van der Waals surface area contributed by atoms with Gasteiger partial charge in [0.25, 0.3) is 5.88 Å². The van der Waals surface area contributed by atoms with Crippen molar-refractivity contribution in [2.24, 2.45) is 0 Å². The average Bonchev–Trinajstić information content (AvgIpc) is 2.35. The molecule has 19 heavy (non-hydrogen) atoms. The Labute approximate surface area is 123 Å². The number of nitrogens with zero attached hydrogens (tertiary/aromatic N) is 2. The predicted octanol–water partition coefficient (Wildman–Crippen LogP) is 4.45. The van der Waals surface area contributed by atoms with Gasteiger partial charge in [0.15, 0.2) is 11.6 Å². The first-order valence-corrected chi connectivity index (χ1v) is 6.49. The number of nitro groups is 1. The molecule has 0 spiro atoms. The minimum Gasteiger partial charge on any atom is -0.430 e. The lowest BCUT2D eigenvalue weighted by Crippen LogP contribution is -1.97. The molecule has 1 aromatic carbocycles. The summed E-state index contributed by atoms with van der Waals surface area (Å²) in [6, 6.07) is 5.27. The van der Waals surface area contributed by atoms with Crippen LogP contribution in [-0.2, 0) is 0 Å². The van der Waals surface area contributed by atoms with Crippen LogP contribution in [-0.4, -0.2) is 9.91 Å². The molecule has 0 N–H and O–H groups in total. The number of hydrogen-bond donors (Lipinski definition) is 0. The van der Waals surface area contributed by atoms with Crippen LogP contribution < -0.4 is 4.74 Å². The van der Waals surface area contributed by atoms with Crippen molar-refractivity contribution in [3.63, 3.8) is 0 Å². The molecule has 5 nitrogen and oxygen atoms in total. The second kappa shape index (κ2) is 5.62. The van der Waals surface area contributed by atoms with Gasteiger partial charge in [-0.1, -0.05) is 15.9 Å². The molecule has 0 saturated heterocycles. The number of hydrogen-bond acceptors (Lipinski definition) is 4. The van der Waals surface area contributed by atoms with E-state index in [1.54, 1.807) is 0 Å². The average molecular weight is 392 g/mol. The molecule has 0 bridgehead atoms. The second-order valence-electron chi connectivity index (χ2n) is 3.41. The van der Waals surface area contributed by atoms with Crippen molar-refractivity contribution >= 4 is 37.5 Å². The van der Waals surface area contributed by atoms with E-state index in [4.69, 9.17) is 4.74 Å². The molecule has 98 valence electrons.